The molecule has 0 saturated carbocycles. The van der Waals surface area contributed by atoms with E-state index in [0.29, 0.717) is 28.9 Å². The molecule has 0 atom stereocenters. The van der Waals surface area contributed by atoms with Crippen LogP contribution in [0.5, 0.6) is 11.5 Å². The fourth-order valence-electron chi connectivity index (χ4n) is 3.03. The standard InChI is InChI=1S/C19H24BrN9O4/c1-4-28(5-2)10-13-15(23-27-29(13)18-17(21)25-33-26-18)19(31)24-22-9-11-7-12(20)16(30)14(8-11)32-6-3/h7-9,30H,4-6,10H2,1-3H3,(H2,21,25)(H,24,31)/b22-9+. The zero-order chi connectivity index (χ0) is 24.0. The minimum absolute atomic E-state index is 0.0261. The quantitative estimate of drug-likeness (QED) is 0.238. The summed E-state index contributed by atoms with van der Waals surface area (Å²) in [6.07, 6.45) is 1.39. The summed E-state index contributed by atoms with van der Waals surface area (Å²) in [4.78, 5) is 14.0. The molecule has 0 aliphatic rings. The molecule has 1 aromatic carbocycles. The zero-order valence-corrected chi connectivity index (χ0v) is 19.9. The molecule has 0 radical (unpaired) electrons. The topological polar surface area (TPSA) is 174 Å². The summed E-state index contributed by atoms with van der Waals surface area (Å²) >= 11 is 3.20. The van der Waals surface area contributed by atoms with E-state index in [1.165, 1.54) is 21.9 Å². The molecule has 2 heterocycles. The molecule has 176 valence electrons. The van der Waals surface area contributed by atoms with Gasteiger partial charge in [0.05, 0.1) is 25.9 Å². The second-order valence-corrected chi connectivity index (χ2v) is 7.72. The number of benzene rings is 1. The largest absolute Gasteiger partial charge is 0.869 e. The van der Waals surface area contributed by atoms with E-state index in [1.54, 1.807) is 13.0 Å². The Bertz CT molecular complexity index is 1140. The van der Waals surface area contributed by atoms with Gasteiger partial charge in [0.2, 0.25) is 11.6 Å². The zero-order valence-electron chi connectivity index (χ0n) is 18.3. The van der Waals surface area contributed by atoms with E-state index in [0.717, 1.165) is 13.1 Å². The summed E-state index contributed by atoms with van der Waals surface area (Å²) in [5, 5.41) is 31.4. The van der Waals surface area contributed by atoms with Gasteiger partial charge in [0.15, 0.2) is 5.69 Å². The molecule has 0 fully saturated rings. The maximum absolute atomic E-state index is 12.8. The lowest BCUT2D eigenvalue weighted by molar-refractivity contribution is -0.910. The minimum atomic E-state index is -0.571. The smallest absolute Gasteiger partial charge is 0.294 e. The number of halogens is 1. The number of rotatable bonds is 10. The average Bonchev–Trinajstić information content (AvgIpc) is 3.40. The van der Waals surface area contributed by atoms with Crippen molar-refractivity contribution in [2.75, 3.05) is 25.4 Å². The van der Waals surface area contributed by atoms with E-state index in [4.69, 9.17) is 10.5 Å². The number of nitrogen functional groups attached to an aromatic ring is 1. The summed E-state index contributed by atoms with van der Waals surface area (Å²) in [6.45, 7) is 8.27. The molecule has 0 aliphatic carbocycles. The first-order chi connectivity index (χ1) is 15.9. The first-order valence-corrected chi connectivity index (χ1v) is 11.0. The summed E-state index contributed by atoms with van der Waals surface area (Å²) in [5.74, 6) is -0.472. The first kappa shape index (κ1) is 24.1. The third-order valence-electron chi connectivity index (χ3n) is 4.80. The summed E-state index contributed by atoms with van der Waals surface area (Å²) in [6, 6.07) is 3.12. The predicted octanol–water partition coefficient (Wildman–Crippen LogP) is -0.344. The molecule has 14 heteroatoms. The van der Waals surface area contributed by atoms with Gasteiger partial charge in [0.25, 0.3) is 5.91 Å². The number of carbonyl (C=O) groups excluding carboxylic acids is 1. The average molecular weight is 522 g/mol. The number of aromatic nitrogens is 5. The number of quaternary nitrogens is 1. The van der Waals surface area contributed by atoms with Gasteiger partial charge in [0, 0.05) is 4.47 Å². The van der Waals surface area contributed by atoms with Crippen LogP contribution in [0.25, 0.3) is 5.82 Å². The molecule has 33 heavy (non-hydrogen) atoms. The summed E-state index contributed by atoms with van der Waals surface area (Å²) < 4.78 is 11.7. The second kappa shape index (κ2) is 10.9. The number of amides is 1. The molecular weight excluding hydrogens is 498 g/mol. The Kier molecular flexibility index (Phi) is 7.95. The molecule has 0 bridgehead atoms. The highest BCUT2D eigenvalue weighted by Gasteiger charge is 2.26. The SMILES string of the molecule is CCOc1cc(/C=N/NC(=O)c2nnn(-c3nonc3N)c2C[NH+](CC)CC)cc(Br)c1[O-]. The van der Waals surface area contributed by atoms with E-state index in [-0.39, 0.29) is 28.8 Å². The van der Waals surface area contributed by atoms with Crippen LogP contribution in [0.2, 0.25) is 0 Å². The van der Waals surface area contributed by atoms with Crippen LogP contribution in [0, 0.1) is 0 Å². The highest BCUT2D eigenvalue weighted by Crippen LogP contribution is 2.32. The molecule has 0 spiro atoms. The molecule has 3 aromatic rings. The highest BCUT2D eigenvalue weighted by molar-refractivity contribution is 9.10. The van der Waals surface area contributed by atoms with Crippen molar-refractivity contribution in [3.8, 4) is 17.3 Å². The molecule has 13 nitrogen and oxygen atoms in total. The Labute approximate surface area is 197 Å². The van der Waals surface area contributed by atoms with Crippen LogP contribution in [-0.2, 0) is 6.54 Å². The van der Waals surface area contributed by atoms with Crippen molar-refractivity contribution in [2.24, 2.45) is 5.10 Å². The van der Waals surface area contributed by atoms with Crippen molar-refractivity contribution in [2.45, 2.75) is 27.3 Å². The van der Waals surface area contributed by atoms with Crippen molar-refractivity contribution in [3.63, 3.8) is 0 Å². The minimum Gasteiger partial charge on any atom is -0.869 e. The summed E-state index contributed by atoms with van der Waals surface area (Å²) in [7, 11) is 0. The monoisotopic (exact) mass is 521 g/mol. The van der Waals surface area contributed by atoms with E-state index in [9.17, 15) is 9.90 Å². The number of nitrogens with two attached hydrogens (primary N) is 1. The molecule has 3 rings (SSSR count). The third kappa shape index (κ3) is 5.46. The molecule has 4 N–H and O–H groups in total. The van der Waals surface area contributed by atoms with E-state index in [2.05, 4.69) is 51.7 Å². The van der Waals surface area contributed by atoms with Gasteiger partial charge < -0.3 is 20.5 Å². The third-order valence-corrected chi connectivity index (χ3v) is 5.39. The lowest BCUT2D eigenvalue weighted by Gasteiger charge is -2.16. The number of hydrazone groups is 1. The fraction of sp³-hybridized carbons (Fsp3) is 0.368. The molecule has 2 aromatic heterocycles. The van der Waals surface area contributed by atoms with E-state index in [1.807, 2.05) is 13.8 Å². The Morgan fingerprint density at radius 3 is 2.76 bits per heavy atom. The van der Waals surface area contributed by atoms with Crippen molar-refractivity contribution in [3.05, 3.63) is 33.6 Å². The van der Waals surface area contributed by atoms with Crippen LogP contribution in [-0.4, -0.2) is 57.1 Å². The van der Waals surface area contributed by atoms with Gasteiger partial charge in [0.1, 0.15) is 18.0 Å². The van der Waals surface area contributed by atoms with Crippen LogP contribution in [0.15, 0.2) is 26.3 Å². The van der Waals surface area contributed by atoms with E-state index < -0.39 is 5.91 Å². The summed E-state index contributed by atoms with van der Waals surface area (Å²) in [5.41, 5.74) is 9.35. The van der Waals surface area contributed by atoms with Crippen LogP contribution < -0.4 is 25.9 Å². The van der Waals surface area contributed by atoms with Gasteiger partial charge in [-0.2, -0.15) is 9.78 Å². The predicted molar refractivity (Wildman–Crippen MR) is 119 cm³/mol. The maximum atomic E-state index is 12.8. The number of nitrogens with one attached hydrogen (secondary N) is 2. The molecule has 0 saturated heterocycles. The maximum Gasteiger partial charge on any atom is 0.294 e. The number of carbonyl (C=O) groups is 1. The number of hydrogen-bond acceptors (Lipinski definition) is 10. The number of hydrogen-bond donors (Lipinski definition) is 3. The molecule has 0 unspecified atom stereocenters. The normalized spacial score (nSPS) is 11.4. The lowest BCUT2D eigenvalue weighted by Crippen LogP contribution is -3.10. The Morgan fingerprint density at radius 2 is 2.12 bits per heavy atom. The van der Waals surface area contributed by atoms with Crippen molar-refractivity contribution < 1.29 is 24.2 Å². The van der Waals surface area contributed by atoms with Crippen molar-refractivity contribution >= 4 is 33.9 Å². The highest BCUT2D eigenvalue weighted by atomic mass is 79.9. The van der Waals surface area contributed by atoms with Gasteiger partial charge >= 0.3 is 0 Å². The van der Waals surface area contributed by atoms with Crippen LogP contribution in [0.4, 0.5) is 5.82 Å². The van der Waals surface area contributed by atoms with Crippen LogP contribution in [0.1, 0.15) is 42.5 Å². The van der Waals surface area contributed by atoms with Gasteiger partial charge in [-0.1, -0.05) is 26.9 Å². The van der Waals surface area contributed by atoms with Gasteiger partial charge in [-0.25, -0.2) is 10.1 Å². The van der Waals surface area contributed by atoms with Gasteiger partial charge in [-0.05, 0) is 48.8 Å². The molecular formula is C19H24BrN9O4. The number of ether oxygens (including phenoxy) is 1. The molecule has 1 amide bonds. The van der Waals surface area contributed by atoms with E-state index >= 15 is 0 Å². The van der Waals surface area contributed by atoms with Gasteiger partial charge in [-0.3, -0.25) is 4.79 Å². The lowest BCUT2D eigenvalue weighted by atomic mass is 10.2. The Hall–Kier alpha value is -3.52. The second-order valence-electron chi connectivity index (χ2n) is 6.87. The molecule has 0 aliphatic heterocycles. The Morgan fingerprint density at radius 1 is 1.36 bits per heavy atom. The number of anilines is 1. The van der Waals surface area contributed by atoms with Gasteiger partial charge in [-0.15, -0.1) is 5.10 Å². The van der Waals surface area contributed by atoms with Crippen molar-refractivity contribution in [1.29, 1.82) is 0 Å². The van der Waals surface area contributed by atoms with Crippen LogP contribution >= 0.6 is 15.9 Å². The number of nitrogens with zero attached hydrogens (tertiary/aromatic N) is 6. The Balaban J connectivity index is 1.85. The fourth-order valence-corrected chi connectivity index (χ4v) is 3.48. The van der Waals surface area contributed by atoms with Crippen molar-refractivity contribution in [1.82, 2.24) is 30.7 Å². The first-order valence-electron chi connectivity index (χ1n) is 10.2. The van der Waals surface area contributed by atoms with Crippen LogP contribution in [0.3, 0.4) is 0 Å².